The van der Waals surface area contributed by atoms with Gasteiger partial charge in [-0.05, 0) is 12.1 Å². The van der Waals surface area contributed by atoms with E-state index in [1.165, 1.54) is 10.8 Å². The van der Waals surface area contributed by atoms with Crippen molar-refractivity contribution in [2.75, 3.05) is 0 Å². The lowest BCUT2D eigenvalue weighted by atomic mass is 10.2. The molecule has 1 N–H and O–H groups in total. The highest BCUT2D eigenvalue weighted by molar-refractivity contribution is 6.06. The molecule has 0 bridgehead atoms. The Kier molecular flexibility index (Phi) is 1.73. The first-order chi connectivity index (χ1) is 8.84. The molecule has 0 saturated heterocycles. The maximum absolute atomic E-state index is 4.38. The van der Waals surface area contributed by atoms with Crippen molar-refractivity contribution in [1.82, 2.24) is 19.1 Å². The van der Waals surface area contributed by atoms with E-state index in [9.17, 15) is 0 Å². The highest BCUT2D eigenvalue weighted by atomic mass is 15.2. The molecule has 0 aliphatic heterocycles. The molecular formula is C14H12N4. The SMILES string of the molecule is Cn1ccnc1-n1ccc2c3ccccc3[nH]c21. The van der Waals surface area contributed by atoms with Gasteiger partial charge in [-0.3, -0.25) is 4.57 Å². The number of H-pyrrole nitrogens is 1. The summed E-state index contributed by atoms with van der Waals surface area (Å²) in [6.07, 6.45) is 5.81. The Morgan fingerprint density at radius 1 is 1.06 bits per heavy atom. The molecule has 0 fully saturated rings. The van der Waals surface area contributed by atoms with Crippen LogP contribution < -0.4 is 0 Å². The first-order valence-corrected chi connectivity index (χ1v) is 5.90. The van der Waals surface area contributed by atoms with Gasteiger partial charge < -0.3 is 9.55 Å². The van der Waals surface area contributed by atoms with Gasteiger partial charge in [-0.15, -0.1) is 0 Å². The van der Waals surface area contributed by atoms with E-state index >= 15 is 0 Å². The van der Waals surface area contributed by atoms with Crippen molar-refractivity contribution >= 4 is 21.9 Å². The predicted molar refractivity (Wildman–Crippen MR) is 71.9 cm³/mol. The van der Waals surface area contributed by atoms with E-state index in [-0.39, 0.29) is 0 Å². The summed E-state index contributed by atoms with van der Waals surface area (Å²) < 4.78 is 4.08. The van der Waals surface area contributed by atoms with Gasteiger partial charge >= 0.3 is 0 Å². The van der Waals surface area contributed by atoms with E-state index in [0.717, 1.165) is 17.1 Å². The molecule has 0 aliphatic carbocycles. The molecule has 4 aromatic rings. The van der Waals surface area contributed by atoms with Crippen LogP contribution >= 0.6 is 0 Å². The molecule has 1 aromatic carbocycles. The van der Waals surface area contributed by atoms with Crippen LogP contribution in [0.2, 0.25) is 0 Å². The van der Waals surface area contributed by atoms with Crippen LogP contribution in [0.5, 0.6) is 0 Å². The first kappa shape index (κ1) is 9.53. The predicted octanol–water partition coefficient (Wildman–Crippen LogP) is 2.85. The fourth-order valence-corrected chi connectivity index (χ4v) is 2.49. The number of para-hydroxylation sites is 1. The van der Waals surface area contributed by atoms with Crippen molar-refractivity contribution in [1.29, 1.82) is 0 Å². The van der Waals surface area contributed by atoms with E-state index in [4.69, 9.17) is 0 Å². The molecule has 0 atom stereocenters. The minimum Gasteiger partial charge on any atom is -0.340 e. The third-order valence-corrected chi connectivity index (χ3v) is 3.37. The van der Waals surface area contributed by atoms with E-state index in [1.807, 2.05) is 30.1 Å². The number of fused-ring (bicyclic) bond motifs is 3. The van der Waals surface area contributed by atoms with Crippen LogP contribution in [0.3, 0.4) is 0 Å². The fourth-order valence-electron chi connectivity index (χ4n) is 2.49. The van der Waals surface area contributed by atoms with Gasteiger partial charge in [0.05, 0.1) is 0 Å². The van der Waals surface area contributed by atoms with Crippen LogP contribution in [0, 0.1) is 0 Å². The molecule has 4 nitrogen and oxygen atoms in total. The third-order valence-electron chi connectivity index (χ3n) is 3.37. The van der Waals surface area contributed by atoms with Crippen molar-refractivity contribution in [3.05, 3.63) is 48.9 Å². The van der Waals surface area contributed by atoms with Crippen LogP contribution in [0.4, 0.5) is 0 Å². The monoisotopic (exact) mass is 236 g/mol. The lowest BCUT2D eigenvalue weighted by Crippen LogP contribution is -2.01. The Balaban J connectivity index is 2.11. The van der Waals surface area contributed by atoms with Crippen LogP contribution in [-0.4, -0.2) is 19.1 Å². The summed E-state index contributed by atoms with van der Waals surface area (Å²) in [6, 6.07) is 10.5. The molecule has 4 rings (SSSR count). The zero-order chi connectivity index (χ0) is 12.1. The molecular weight excluding hydrogens is 224 g/mol. The number of hydrogen-bond acceptors (Lipinski definition) is 1. The van der Waals surface area contributed by atoms with Gasteiger partial charge in [0.15, 0.2) is 0 Å². The summed E-state index contributed by atoms with van der Waals surface area (Å²) in [4.78, 5) is 7.84. The standard InChI is InChI=1S/C14H12N4/c1-17-9-7-15-14(17)18-8-6-11-10-4-2-3-5-12(10)16-13(11)18/h2-9,16H,1H3. The van der Waals surface area contributed by atoms with E-state index < -0.39 is 0 Å². The summed E-state index contributed by atoms with van der Waals surface area (Å²) in [5, 5.41) is 2.48. The lowest BCUT2D eigenvalue weighted by Gasteiger charge is -2.02. The molecule has 88 valence electrons. The number of imidazole rings is 1. The van der Waals surface area contributed by atoms with Crippen LogP contribution in [0.15, 0.2) is 48.9 Å². The summed E-state index contributed by atoms with van der Waals surface area (Å²) in [7, 11) is 2.00. The van der Waals surface area contributed by atoms with Gasteiger partial charge in [-0.1, -0.05) is 18.2 Å². The van der Waals surface area contributed by atoms with Crippen LogP contribution in [-0.2, 0) is 7.05 Å². The molecule has 3 heterocycles. The van der Waals surface area contributed by atoms with E-state index in [2.05, 4.69) is 45.0 Å². The van der Waals surface area contributed by atoms with Crippen LogP contribution in [0.25, 0.3) is 27.9 Å². The molecule has 4 heteroatoms. The minimum absolute atomic E-state index is 0.913. The lowest BCUT2D eigenvalue weighted by molar-refractivity contribution is 0.831. The first-order valence-electron chi connectivity index (χ1n) is 5.90. The second-order valence-corrected chi connectivity index (χ2v) is 4.46. The topological polar surface area (TPSA) is 38.5 Å². The van der Waals surface area contributed by atoms with Crippen molar-refractivity contribution in [2.24, 2.45) is 7.05 Å². The highest BCUT2D eigenvalue weighted by Gasteiger charge is 2.11. The van der Waals surface area contributed by atoms with Crippen molar-refractivity contribution in [3.8, 4) is 5.95 Å². The summed E-state index contributed by atoms with van der Waals surface area (Å²) in [6.45, 7) is 0. The van der Waals surface area contributed by atoms with E-state index in [1.54, 1.807) is 0 Å². The molecule has 0 aliphatic rings. The number of nitrogens with zero attached hydrogens (tertiary/aromatic N) is 3. The maximum atomic E-state index is 4.38. The quantitative estimate of drug-likeness (QED) is 0.542. The summed E-state index contributed by atoms with van der Waals surface area (Å²) in [5.41, 5.74) is 2.25. The Labute approximate surface area is 103 Å². The zero-order valence-electron chi connectivity index (χ0n) is 9.96. The molecule has 0 spiro atoms. The van der Waals surface area contributed by atoms with Gasteiger partial charge in [-0.2, -0.15) is 0 Å². The number of aromatic amines is 1. The van der Waals surface area contributed by atoms with Gasteiger partial charge in [0.1, 0.15) is 5.65 Å². The summed E-state index contributed by atoms with van der Waals surface area (Å²) >= 11 is 0. The fraction of sp³-hybridized carbons (Fsp3) is 0.0714. The molecule has 18 heavy (non-hydrogen) atoms. The average Bonchev–Trinajstić information content (AvgIpc) is 3.03. The number of aromatic nitrogens is 4. The van der Waals surface area contributed by atoms with Crippen molar-refractivity contribution in [2.45, 2.75) is 0 Å². The van der Waals surface area contributed by atoms with E-state index in [0.29, 0.717) is 0 Å². The summed E-state index contributed by atoms with van der Waals surface area (Å²) in [5.74, 6) is 0.913. The second-order valence-electron chi connectivity index (χ2n) is 4.46. The van der Waals surface area contributed by atoms with Crippen molar-refractivity contribution < 1.29 is 0 Å². The number of rotatable bonds is 1. The Bertz CT molecular complexity index is 847. The van der Waals surface area contributed by atoms with Gasteiger partial charge in [0, 0.05) is 41.9 Å². The number of nitrogens with one attached hydrogen (secondary N) is 1. The number of aryl methyl sites for hydroxylation is 1. The Morgan fingerprint density at radius 2 is 1.94 bits per heavy atom. The van der Waals surface area contributed by atoms with Gasteiger partial charge in [-0.25, -0.2) is 4.98 Å². The molecule has 0 unspecified atom stereocenters. The minimum atomic E-state index is 0.913. The molecule has 3 aromatic heterocycles. The largest absolute Gasteiger partial charge is 0.340 e. The zero-order valence-corrected chi connectivity index (χ0v) is 9.96. The smallest absolute Gasteiger partial charge is 0.215 e. The van der Waals surface area contributed by atoms with Crippen molar-refractivity contribution in [3.63, 3.8) is 0 Å². The Hall–Kier alpha value is -2.49. The van der Waals surface area contributed by atoms with Gasteiger partial charge in [0.2, 0.25) is 5.95 Å². The molecule has 0 radical (unpaired) electrons. The normalized spacial score (nSPS) is 11.6. The molecule has 0 amide bonds. The number of hydrogen-bond donors (Lipinski definition) is 1. The Morgan fingerprint density at radius 3 is 2.78 bits per heavy atom. The van der Waals surface area contributed by atoms with Crippen LogP contribution in [0.1, 0.15) is 0 Å². The average molecular weight is 236 g/mol. The second kappa shape index (κ2) is 3.26. The maximum Gasteiger partial charge on any atom is 0.215 e. The third kappa shape index (κ3) is 1.12. The van der Waals surface area contributed by atoms with Gasteiger partial charge in [0.25, 0.3) is 0 Å². The highest BCUT2D eigenvalue weighted by Crippen LogP contribution is 2.27. The number of benzene rings is 1. The molecule has 0 saturated carbocycles.